The molecule has 0 unspecified atom stereocenters. The first-order valence-electron chi connectivity index (χ1n) is 6.42. The van der Waals surface area contributed by atoms with Gasteiger partial charge in [-0.2, -0.15) is 8.42 Å². The molecule has 0 heterocycles. The highest BCUT2D eigenvalue weighted by Gasteiger charge is 2.31. The molecule has 0 aliphatic heterocycles. The molecule has 0 aliphatic carbocycles. The molecule has 0 amide bonds. The van der Waals surface area contributed by atoms with Crippen LogP contribution in [0, 0.1) is 6.92 Å². The Morgan fingerprint density at radius 2 is 1.52 bits per heavy atom. The second-order valence-corrected chi connectivity index (χ2v) is 6.05. The van der Waals surface area contributed by atoms with Crippen molar-refractivity contribution >= 4 is 27.9 Å². The molecule has 9 heteroatoms. The number of carbonyl (C=O) groups is 2. The quantitative estimate of drug-likeness (QED) is 0.337. The van der Waals surface area contributed by atoms with Crippen LogP contribution in [0.15, 0.2) is 33.6 Å². The van der Waals surface area contributed by atoms with Crippen LogP contribution in [0.5, 0.6) is 0 Å². The molecule has 0 fully saturated rings. The third-order valence-electron chi connectivity index (χ3n) is 2.69. The summed E-state index contributed by atoms with van der Waals surface area (Å²) >= 11 is 0. The minimum absolute atomic E-state index is 0.0428. The van der Waals surface area contributed by atoms with Gasteiger partial charge in [-0.05, 0) is 19.1 Å². The molecular weight excluding hydrogens is 326 g/mol. The normalized spacial score (nSPS) is 12.0. The lowest BCUT2D eigenvalue weighted by Gasteiger charge is -2.14. The van der Waals surface area contributed by atoms with Crippen molar-refractivity contribution in [1.29, 1.82) is 0 Å². The first kappa shape index (κ1) is 18.6. The van der Waals surface area contributed by atoms with Gasteiger partial charge >= 0.3 is 11.9 Å². The number of sulfonamides is 1. The van der Waals surface area contributed by atoms with Gasteiger partial charge in [0.1, 0.15) is 0 Å². The molecule has 0 aliphatic rings. The van der Waals surface area contributed by atoms with Crippen molar-refractivity contribution in [2.24, 2.45) is 4.40 Å². The maximum Gasteiger partial charge on any atom is 0.359 e. The lowest BCUT2D eigenvalue weighted by molar-refractivity contribution is -0.164. The van der Waals surface area contributed by atoms with E-state index >= 15 is 0 Å². The van der Waals surface area contributed by atoms with Crippen LogP contribution in [0.2, 0.25) is 0 Å². The average Bonchev–Trinajstić information content (AvgIpc) is 2.51. The Hall–Kier alpha value is -2.42. The number of methoxy groups -OCH3 is 2. The minimum Gasteiger partial charge on any atom is -0.466 e. The van der Waals surface area contributed by atoms with Crippen LogP contribution in [0.25, 0.3) is 0 Å². The summed E-state index contributed by atoms with van der Waals surface area (Å²) in [5, 5.41) is 0. The molecule has 0 radical (unpaired) electrons. The summed E-state index contributed by atoms with van der Waals surface area (Å²) in [4.78, 5) is 22.9. The number of nitrogens with zero attached hydrogens (tertiary/aromatic N) is 1. The summed E-state index contributed by atoms with van der Waals surface area (Å²) in [5.41, 5.74) is 0.886. The molecular formula is C14H17NO7S. The molecule has 0 bridgehead atoms. The van der Waals surface area contributed by atoms with Gasteiger partial charge in [-0.3, -0.25) is 0 Å². The number of hydrogen-bond donors (Lipinski definition) is 0. The first-order chi connectivity index (χ1) is 10.7. The molecule has 1 aromatic carbocycles. The fraction of sp³-hybridized carbons (Fsp3) is 0.357. The molecule has 0 N–H and O–H groups in total. The molecule has 0 atom stereocenters. The monoisotopic (exact) mass is 343 g/mol. The van der Waals surface area contributed by atoms with E-state index in [1.165, 1.54) is 19.1 Å². The Balaban J connectivity index is 3.03. The first-order valence-corrected chi connectivity index (χ1v) is 7.86. The minimum atomic E-state index is -4.03. The number of hydrogen-bond acceptors (Lipinski definition) is 7. The highest BCUT2D eigenvalue weighted by atomic mass is 32.2. The fourth-order valence-electron chi connectivity index (χ4n) is 1.53. The van der Waals surface area contributed by atoms with Gasteiger partial charge in [0.2, 0.25) is 0 Å². The van der Waals surface area contributed by atoms with Crippen LogP contribution in [0.1, 0.15) is 12.5 Å². The smallest absolute Gasteiger partial charge is 0.359 e. The van der Waals surface area contributed by atoms with E-state index in [4.69, 9.17) is 4.74 Å². The zero-order valence-corrected chi connectivity index (χ0v) is 13.9. The Morgan fingerprint density at radius 3 is 1.96 bits per heavy atom. The number of ether oxygens (including phenoxy) is 3. The Bertz CT molecular complexity index is 691. The zero-order valence-electron chi connectivity index (χ0n) is 13.1. The van der Waals surface area contributed by atoms with Gasteiger partial charge in [0.05, 0.1) is 19.1 Å². The molecule has 126 valence electrons. The average molecular weight is 343 g/mol. The summed E-state index contributed by atoms with van der Waals surface area (Å²) in [7, 11) is -1.92. The van der Waals surface area contributed by atoms with Crippen molar-refractivity contribution in [2.45, 2.75) is 24.8 Å². The highest BCUT2D eigenvalue weighted by molar-refractivity contribution is 7.90. The SMILES string of the molecule is COC(=O)C(OC(C)=NS(=O)(=O)c1ccc(C)cc1)C(=O)OC. The summed E-state index contributed by atoms with van der Waals surface area (Å²) in [6, 6.07) is 6.01. The van der Waals surface area contributed by atoms with E-state index in [9.17, 15) is 18.0 Å². The number of aryl methyl sites for hydroxylation is 1. The second kappa shape index (κ2) is 7.73. The van der Waals surface area contributed by atoms with Crippen molar-refractivity contribution in [3.8, 4) is 0 Å². The summed E-state index contributed by atoms with van der Waals surface area (Å²) < 4.78 is 41.4. The van der Waals surface area contributed by atoms with E-state index in [1.54, 1.807) is 12.1 Å². The van der Waals surface area contributed by atoms with Crippen LogP contribution in [-0.4, -0.2) is 46.6 Å². The van der Waals surface area contributed by atoms with E-state index in [1.807, 2.05) is 6.92 Å². The van der Waals surface area contributed by atoms with E-state index in [0.29, 0.717) is 0 Å². The number of benzene rings is 1. The third kappa shape index (κ3) is 5.06. The molecule has 23 heavy (non-hydrogen) atoms. The van der Waals surface area contributed by atoms with Gasteiger partial charge in [-0.15, -0.1) is 4.40 Å². The molecule has 0 saturated carbocycles. The predicted octanol–water partition coefficient (Wildman–Crippen LogP) is 0.833. The summed E-state index contributed by atoms with van der Waals surface area (Å²) in [5.74, 6) is -2.45. The van der Waals surface area contributed by atoms with Gasteiger partial charge < -0.3 is 14.2 Å². The third-order valence-corrected chi connectivity index (χ3v) is 4.05. The Morgan fingerprint density at radius 1 is 1.04 bits per heavy atom. The summed E-state index contributed by atoms with van der Waals surface area (Å²) in [6.45, 7) is 3.01. The standard InChI is InChI=1S/C14H17NO7S/c1-9-5-7-11(8-6-9)23(18,19)15-10(2)22-12(13(16)20-3)14(17)21-4/h5-8,12H,1-4H3. The zero-order chi connectivity index (χ0) is 17.6. The van der Waals surface area contributed by atoms with Crippen LogP contribution >= 0.6 is 0 Å². The van der Waals surface area contributed by atoms with Crippen LogP contribution in [-0.2, 0) is 33.8 Å². The van der Waals surface area contributed by atoms with Crippen molar-refractivity contribution in [3.05, 3.63) is 29.8 Å². The molecule has 0 aromatic heterocycles. The van der Waals surface area contributed by atoms with E-state index < -0.39 is 34.0 Å². The lowest BCUT2D eigenvalue weighted by Crippen LogP contribution is -2.36. The van der Waals surface area contributed by atoms with Crippen molar-refractivity contribution < 1.29 is 32.2 Å². The molecule has 0 saturated heterocycles. The topological polar surface area (TPSA) is 108 Å². The molecule has 1 rings (SSSR count). The van der Waals surface area contributed by atoms with Crippen molar-refractivity contribution in [2.75, 3.05) is 14.2 Å². The second-order valence-electron chi connectivity index (χ2n) is 4.44. The number of carbonyl (C=O) groups excluding carboxylic acids is 2. The van der Waals surface area contributed by atoms with Gasteiger partial charge in [-0.25, -0.2) is 9.59 Å². The predicted molar refractivity (Wildman–Crippen MR) is 80.4 cm³/mol. The van der Waals surface area contributed by atoms with Gasteiger partial charge in [-0.1, -0.05) is 17.7 Å². The number of rotatable bonds is 5. The lowest BCUT2D eigenvalue weighted by atomic mass is 10.2. The van der Waals surface area contributed by atoms with E-state index in [0.717, 1.165) is 19.8 Å². The van der Waals surface area contributed by atoms with Crippen LogP contribution < -0.4 is 0 Å². The van der Waals surface area contributed by atoms with Crippen molar-refractivity contribution in [1.82, 2.24) is 0 Å². The molecule has 0 spiro atoms. The summed E-state index contributed by atoms with van der Waals surface area (Å²) in [6.07, 6.45) is -1.75. The maximum absolute atomic E-state index is 12.1. The van der Waals surface area contributed by atoms with Crippen LogP contribution in [0.4, 0.5) is 0 Å². The van der Waals surface area contributed by atoms with Crippen molar-refractivity contribution in [3.63, 3.8) is 0 Å². The Kier molecular flexibility index (Phi) is 6.26. The van der Waals surface area contributed by atoms with Gasteiger partial charge in [0, 0.05) is 6.92 Å². The van der Waals surface area contributed by atoms with Gasteiger partial charge in [0.25, 0.3) is 16.1 Å². The molecule has 1 aromatic rings. The highest BCUT2D eigenvalue weighted by Crippen LogP contribution is 2.14. The van der Waals surface area contributed by atoms with Crippen LogP contribution in [0.3, 0.4) is 0 Å². The largest absolute Gasteiger partial charge is 0.466 e. The van der Waals surface area contributed by atoms with Gasteiger partial charge in [0.15, 0.2) is 5.90 Å². The van der Waals surface area contributed by atoms with E-state index in [-0.39, 0.29) is 4.90 Å². The number of esters is 2. The van der Waals surface area contributed by atoms with E-state index in [2.05, 4.69) is 13.9 Å². The maximum atomic E-state index is 12.1. The molecule has 8 nitrogen and oxygen atoms in total. The fourth-order valence-corrected chi connectivity index (χ4v) is 2.50. The Labute approximate surface area is 134 Å².